The number of Topliss-reactive ketones (excluding diaryl/α,β-unsaturated/α-hetero) is 1. The average molecular weight is 412 g/mol. The summed E-state index contributed by atoms with van der Waals surface area (Å²) in [5.74, 6) is 0.872. The van der Waals surface area contributed by atoms with E-state index in [1.807, 2.05) is 0 Å². The summed E-state index contributed by atoms with van der Waals surface area (Å²) >= 11 is 9.73. The van der Waals surface area contributed by atoms with Crippen molar-refractivity contribution in [3.05, 3.63) is 34.9 Å². The van der Waals surface area contributed by atoms with Crippen molar-refractivity contribution in [1.82, 2.24) is 0 Å². The Hall–Kier alpha value is -0.870. The molecule has 0 saturated heterocycles. The summed E-state index contributed by atoms with van der Waals surface area (Å²) < 4.78 is 5.58. The molecule has 5 heteroatoms. The Bertz CT molecular complexity index is 670. The fourth-order valence-corrected chi connectivity index (χ4v) is 6.97. The largest absolute Gasteiger partial charge is 0.457 e. The molecule has 1 aromatic rings. The van der Waals surface area contributed by atoms with Crippen LogP contribution in [0.5, 0.6) is 0 Å². The highest BCUT2D eigenvalue weighted by atomic mass is 79.9. The normalized spacial score (nSPS) is 36.6. The first-order valence-electron chi connectivity index (χ1n) is 8.52. The molecule has 1 aromatic carbocycles. The van der Waals surface area contributed by atoms with Crippen LogP contribution in [0, 0.1) is 17.3 Å². The van der Waals surface area contributed by atoms with E-state index in [-0.39, 0.29) is 28.1 Å². The minimum Gasteiger partial charge on any atom is -0.457 e. The van der Waals surface area contributed by atoms with E-state index in [9.17, 15) is 9.59 Å². The van der Waals surface area contributed by atoms with Crippen LogP contribution >= 0.6 is 27.5 Å². The lowest BCUT2D eigenvalue weighted by Crippen LogP contribution is -2.56. The Labute approximate surface area is 155 Å². The van der Waals surface area contributed by atoms with Crippen molar-refractivity contribution >= 4 is 39.3 Å². The predicted molar refractivity (Wildman–Crippen MR) is 95.5 cm³/mol. The Morgan fingerprint density at radius 3 is 2.33 bits per heavy atom. The lowest BCUT2D eigenvalue weighted by atomic mass is 9.49. The van der Waals surface area contributed by atoms with Gasteiger partial charge in [0.25, 0.3) is 0 Å². The van der Waals surface area contributed by atoms with Gasteiger partial charge in [-0.3, -0.25) is 9.59 Å². The van der Waals surface area contributed by atoms with Crippen LogP contribution in [0.25, 0.3) is 0 Å². The van der Waals surface area contributed by atoms with E-state index < -0.39 is 0 Å². The number of ether oxygens (including phenoxy) is 1. The second-order valence-electron chi connectivity index (χ2n) is 7.90. The van der Waals surface area contributed by atoms with Gasteiger partial charge in [-0.1, -0.05) is 27.5 Å². The Balaban J connectivity index is 1.43. The van der Waals surface area contributed by atoms with Crippen LogP contribution in [0.4, 0.5) is 0 Å². The van der Waals surface area contributed by atoms with Crippen molar-refractivity contribution in [3.8, 4) is 0 Å². The highest BCUT2D eigenvalue weighted by Crippen LogP contribution is 2.64. The second-order valence-corrected chi connectivity index (χ2v) is 10.0. The van der Waals surface area contributed by atoms with E-state index in [0.29, 0.717) is 22.4 Å². The number of esters is 1. The highest BCUT2D eigenvalue weighted by Gasteiger charge is 2.60. The zero-order valence-electron chi connectivity index (χ0n) is 13.4. The van der Waals surface area contributed by atoms with Gasteiger partial charge in [-0.25, -0.2) is 0 Å². The van der Waals surface area contributed by atoms with E-state index in [0.717, 1.165) is 19.3 Å². The Morgan fingerprint density at radius 2 is 1.75 bits per heavy atom. The van der Waals surface area contributed by atoms with E-state index >= 15 is 0 Å². The molecule has 0 aromatic heterocycles. The lowest BCUT2D eigenvalue weighted by Gasteiger charge is -2.58. The quantitative estimate of drug-likeness (QED) is 0.406. The Kier molecular flexibility index (Phi) is 4.04. The minimum atomic E-state index is -0.381. The van der Waals surface area contributed by atoms with Gasteiger partial charge < -0.3 is 4.74 Å². The molecule has 4 fully saturated rings. The molecular weight excluding hydrogens is 392 g/mol. The van der Waals surface area contributed by atoms with Crippen molar-refractivity contribution in [2.75, 3.05) is 6.61 Å². The van der Waals surface area contributed by atoms with Gasteiger partial charge in [-0.05, 0) is 74.6 Å². The van der Waals surface area contributed by atoms with E-state index in [4.69, 9.17) is 16.3 Å². The van der Waals surface area contributed by atoms with Gasteiger partial charge in [-0.2, -0.15) is 0 Å². The minimum absolute atomic E-state index is 0.107. The second kappa shape index (κ2) is 5.84. The summed E-state index contributed by atoms with van der Waals surface area (Å²) in [4.78, 5) is 25.0. The van der Waals surface area contributed by atoms with Crippen molar-refractivity contribution in [1.29, 1.82) is 0 Å². The third-order valence-corrected chi connectivity index (χ3v) is 7.10. The van der Waals surface area contributed by atoms with Gasteiger partial charge in [0.1, 0.15) is 0 Å². The van der Waals surface area contributed by atoms with E-state index in [1.54, 1.807) is 24.3 Å². The molecule has 4 saturated carbocycles. The van der Waals surface area contributed by atoms with Crippen LogP contribution in [-0.2, 0) is 9.53 Å². The zero-order valence-corrected chi connectivity index (χ0v) is 15.7. The molecule has 0 heterocycles. The molecule has 0 radical (unpaired) electrons. The first kappa shape index (κ1) is 16.6. The molecule has 5 rings (SSSR count). The van der Waals surface area contributed by atoms with Crippen molar-refractivity contribution in [2.24, 2.45) is 17.3 Å². The number of halogens is 2. The third-order valence-electron chi connectivity index (χ3n) is 5.92. The standard InChI is InChI=1S/C19H20BrClO3/c20-19-8-12-5-13(9-19)7-18(6-12,11-19)17(23)24-10-16(22)14-1-3-15(21)4-2-14/h1-4,12-13H,5-11H2/t12-,13+,18?,19?. The molecule has 2 unspecified atom stereocenters. The molecule has 4 aliphatic rings. The molecule has 24 heavy (non-hydrogen) atoms. The topological polar surface area (TPSA) is 43.4 Å². The summed E-state index contributed by atoms with van der Waals surface area (Å²) in [7, 11) is 0. The van der Waals surface area contributed by atoms with Crippen LogP contribution in [-0.4, -0.2) is 22.7 Å². The molecule has 4 aliphatic carbocycles. The third kappa shape index (κ3) is 2.92. The van der Waals surface area contributed by atoms with Gasteiger partial charge in [0.15, 0.2) is 12.4 Å². The fraction of sp³-hybridized carbons (Fsp3) is 0.579. The highest BCUT2D eigenvalue weighted by molar-refractivity contribution is 9.10. The first-order valence-corrected chi connectivity index (χ1v) is 9.70. The molecule has 4 atom stereocenters. The van der Waals surface area contributed by atoms with Gasteiger partial charge >= 0.3 is 5.97 Å². The SMILES string of the molecule is O=C(COC(=O)C12C[C@@H]3C[C@@H](CC(Br)(C3)C1)C2)c1ccc(Cl)cc1. The summed E-state index contributed by atoms with van der Waals surface area (Å²) in [6.07, 6.45) is 6.27. The predicted octanol–water partition coefficient (Wildman–Crippen LogP) is 4.80. The zero-order chi connectivity index (χ0) is 16.9. The van der Waals surface area contributed by atoms with E-state index in [2.05, 4.69) is 15.9 Å². The molecule has 4 bridgehead atoms. The van der Waals surface area contributed by atoms with Crippen LogP contribution in [0.2, 0.25) is 5.02 Å². The number of benzene rings is 1. The number of carbonyl (C=O) groups is 2. The summed E-state index contributed by atoms with van der Waals surface area (Å²) in [5, 5.41) is 0.583. The number of hydrogen-bond acceptors (Lipinski definition) is 3. The maximum Gasteiger partial charge on any atom is 0.312 e. The first-order chi connectivity index (χ1) is 11.4. The van der Waals surface area contributed by atoms with Crippen LogP contribution in [0.3, 0.4) is 0 Å². The van der Waals surface area contributed by atoms with E-state index in [1.165, 1.54) is 19.3 Å². The smallest absolute Gasteiger partial charge is 0.312 e. The van der Waals surface area contributed by atoms with Crippen molar-refractivity contribution in [2.45, 2.75) is 42.8 Å². The summed E-state index contributed by atoms with van der Waals surface area (Å²) in [6, 6.07) is 6.67. The molecular formula is C19H20BrClO3. The average Bonchev–Trinajstić information content (AvgIpc) is 2.50. The maximum atomic E-state index is 12.8. The summed E-state index contributed by atoms with van der Waals surface area (Å²) in [6.45, 7) is -0.188. The van der Waals surface area contributed by atoms with Crippen molar-refractivity contribution < 1.29 is 14.3 Å². The molecule has 0 spiro atoms. The summed E-state index contributed by atoms with van der Waals surface area (Å²) in [5.41, 5.74) is 0.142. The molecule has 3 nitrogen and oxygen atoms in total. The number of hydrogen-bond donors (Lipinski definition) is 0. The fourth-order valence-electron chi connectivity index (χ4n) is 5.39. The van der Waals surface area contributed by atoms with Crippen LogP contribution in [0.1, 0.15) is 48.9 Å². The number of ketones is 1. The maximum absolute atomic E-state index is 12.8. The van der Waals surface area contributed by atoms with Crippen LogP contribution < -0.4 is 0 Å². The van der Waals surface area contributed by atoms with Gasteiger partial charge in [0.05, 0.1) is 5.41 Å². The number of rotatable bonds is 4. The molecule has 128 valence electrons. The van der Waals surface area contributed by atoms with Gasteiger partial charge in [0.2, 0.25) is 0 Å². The van der Waals surface area contributed by atoms with Gasteiger partial charge in [0, 0.05) is 14.9 Å². The Morgan fingerprint density at radius 1 is 1.12 bits per heavy atom. The van der Waals surface area contributed by atoms with Gasteiger partial charge in [-0.15, -0.1) is 0 Å². The lowest BCUT2D eigenvalue weighted by molar-refractivity contribution is -0.168. The molecule has 0 N–H and O–H groups in total. The monoisotopic (exact) mass is 410 g/mol. The number of carbonyl (C=O) groups excluding carboxylic acids is 2. The molecule has 0 amide bonds. The van der Waals surface area contributed by atoms with Crippen molar-refractivity contribution in [3.63, 3.8) is 0 Å². The van der Waals surface area contributed by atoms with Crippen LogP contribution in [0.15, 0.2) is 24.3 Å². The molecule has 0 aliphatic heterocycles. The number of alkyl halides is 1.